The van der Waals surface area contributed by atoms with E-state index in [1.54, 1.807) is 16.8 Å². The number of benzene rings is 1. The molecule has 0 aliphatic carbocycles. The maximum absolute atomic E-state index is 12.5. The predicted molar refractivity (Wildman–Crippen MR) is 91.5 cm³/mol. The van der Waals surface area contributed by atoms with Crippen LogP contribution in [0.15, 0.2) is 29.1 Å². The molecule has 1 aliphatic rings. The number of carbonyl (C=O) groups is 1. The number of nitro benzene ring substituents is 1. The molecule has 0 unspecified atom stereocenters. The molecule has 0 saturated heterocycles. The molecule has 0 fully saturated rings. The molecule has 1 amide bonds. The van der Waals surface area contributed by atoms with Crippen LogP contribution in [0.25, 0.3) is 0 Å². The molecule has 8 nitrogen and oxygen atoms in total. The fourth-order valence-electron chi connectivity index (χ4n) is 2.70. The number of aromatic nitrogens is 2. The molecule has 24 heavy (non-hydrogen) atoms. The van der Waals surface area contributed by atoms with Crippen LogP contribution in [0.2, 0.25) is 0 Å². The average molecular weight is 348 g/mol. The maximum atomic E-state index is 12.5. The van der Waals surface area contributed by atoms with Gasteiger partial charge in [0, 0.05) is 18.2 Å². The molecule has 0 bridgehead atoms. The van der Waals surface area contributed by atoms with Crippen molar-refractivity contribution >= 4 is 29.2 Å². The number of hydrogen-bond donors (Lipinski definition) is 2. The number of H-pyrrole nitrogens is 1. The second kappa shape index (κ2) is 6.16. The Labute approximate surface area is 141 Å². The Hall–Kier alpha value is -2.55. The largest absolute Gasteiger partial charge is 0.310 e. The van der Waals surface area contributed by atoms with Crippen molar-refractivity contribution in [2.24, 2.45) is 0 Å². The van der Waals surface area contributed by atoms with Crippen LogP contribution in [-0.4, -0.2) is 26.4 Å². The standard InChI is InChI=1S/C15H16N4O4S/c1-8(2)18-14-12(15(21)17-18)13(24-7-11(20)16-14)9-4-3-5-10(6-9)19(22)23/h3-6,8,13H,7H2,1-2H3,(H,16,20)(H,17,21)/t13-/m0/s1. The summed E-state index contributed by atoms with van der Waals surface area (Å²) in [6, 6.07) is 6.12. The highest BCUT2D eigenvalue weighted by atomic mass is 32.2. The van der Waals surface area contributed by atoms with Crippen molar-refractivity contribution in [3.05, 3.63) is 55.9 Å². The summed E-state index contributed by atoms with van der Waals surface area (Å²) in [7, 11) is 0. The van der Waals surface area contributed by atoms with Crippen LogP contribution >= 0.6 is 11.8 Å². The number of non-ortho nitro benzene ring substituents is 1. The van der Waals surface area contributed by atoms with E-state index in [4.69, 9.17) is 0 Å². The fourth-order valence-corrected chi connectivity index (χ4v) is 3.81. The van der Waals surface area contributed by atoms with Crippen molar-refractivity contribution in [3.8, 4) is 0 Å². The summed E-state index contributed by atoms with van der Waals surface area (Å²) in [5, 5.41) is 16.1. The summed E-state index contributed by atoms with van der Waals surface area (Å²) in [6.45, 7) is 3.78. The first-order chi connectivity index (χ1) is 11.4. The maximum Gasteiger partial charge on any atom is 0.270 e. The van der Waals surface area contributed by atoms with Crippen molar-refractivity contribution in [3.63, 3.8) is 0 Å². The Morgan fingerprint density at radius 3 is 2.79 bits per heavy atom. The number of thioether (sulfide) groups is 1. The van der Waals surface area contributed by atoms with Gasteiger partial charge in [0.05, 0.1) is 21.5 Å². The second-order valence-electron chi connectivity index (χ2n) is 5.76. The van der Waals surface area contributed by atoms with Gasteiger partial charge in [0.2, 0.25) is 5.91 Å². The van der Waals surface area contributed by atoms with E-state index in [0.29, 0.717) is 16.9 Å². The van der Waals surface area contributed by atoms with E-state index in [-0.39, 0.29) is 28.9 Å². The minimum Gasteiger partial charge on any atom is -0.310 e. The van der Waals surface area contributed by atoms with Crippen LogP contribution in [-0.2, 0) is 4.79 Å². The molecule has 1 aromatic carbocycles. The summed E-state index contributed by atoms with van der Waals surface area (Å²) in [6.07, 6.45) is 0. The summed E-state index contributed by atoms with van der Waals surface area (Å²) in [5.41, 5.74) is 0.696. The summed E-state index contributed by atoms with van der Waals surface area (Å²) in [5.74, 6) is 0.392. The van der Waals surface area contributed by atoms with Gasteiger partial charge in [0.25, 0.3) is 11.2 Å². The number of rotatable bonds is 3. The SMILES string of the molecule is CC(C)n1[nH]c(=O)c2c1NC(=O)CS[C@H]2c1cccc([N+](=O)[O-])c1. The Morgan fingerprint density at radius 1 is 1.38 bits per heavy atom. The highest BCUT2D eigenvalue weighted by Crippen LogP contribution is 2.40. The molecule has 2 aromatic rings. The summed E-state index contributed by atoms with van der Waals surface area (Å²) >= 11 is 1.28. The van der Waals surface area contributed by atoms with Crippen molar-refractivity contribution in [1.29, 1.82) is 0 Å². The summed E-state index contributed by atoms with van der Waals surface area (Å²) < 4.78 is 1.62. The van der Waals surface area contributed by atoms with E-state index < -0.39 is 10.2 Å². The Morgan fingerprint density at radius 2 is 2.12 bits per heavy atom. The molecular weight excluding hydrogens is 332 g/mol. The van der Waals surface area contributed by atoms with E-state index in [2.05, 4.69) is 10.4 Å². The molecule has 1 aliphatic heterocycles. The van der Waals surface area contributed by atoms with E-state index in [1.807, 2.05) is 13.8 Å². The van der Waals surface area contributed by atoms with Gasteiger partial charge in [-0.15, -0.1) is 11.8 Å². The Bertz CT molecular complexity index is 871. The number of carbonyl (C=O) groups excluding carboxylic acids is 1. The molecular formula is C15H16N4O4S. The molecule has 2 heterocycles. The van der Waals surface area contributed by atoms with Crippen LogP contribution in [0.5, 0.6) is 0 Å². The summed E-state index contributed by atoms with van der Waals surface area (Å²) in [4.78, 5) is 35.0. The van der Waals surface area contributed by atoms with Crippen LogP contribution in [0, 0.1) is 10.1 Å². The van der Waals surface area contributed by atoms with Crippen molar-refractivity contribution in [1.82, 2.24) is 9.78 Å². The fraction of sp³-hybridized carbons (Fsp3) is 0.333. The second-order valence-corrected chi connectivity index (χ2v) is 6.85. The Balaban J connectivity index is 2.17. The van der Waals surface area contributed by atoms with Gasteiger partial charge >= 0.3 is 0 Å². The molecule has 9 heteroatoms. The first-order valence-corrected chi connectivity index (χ1v) is 8.43. The minimum absolute atomic E-state index is 0.0436. The topological polar surface area (TPSA) is 110 Å². The highest BCUT2D eigenvalue weighted by Gasteiger charge is 2.31. The molecule has 3 rings (SSSR count). The van der Waals surface area contributed by atoms with Crippen molar-refractivity contribution in [2.45, 2.75) is 25.1 Å². The van der Waals surface area contributed by atoms with Crippen LogP contribution in [0.3, 0.4) is 0 Å². The lowest BCUT2D eigenvalue weighted by molar-refractivity contribution is -0.384. The zero-order valence-corrected chi connectivity index (χ0v) is 13.9. The van der Waals surface area contributed by atoms with Crippen molar-refractivity contribution in [2.75, 3.05) is 11.1 Å². The third kappa shape index (κ3) is 2.82. The van der Waals surface area contributed by atoms with Crippen LogP contribution in [0.1, 0.15) is 36.3 Å². The monoisotopic (exact) mass is 348 g/mol. The molecule has 1 atom stereocenters. The predicted octanol–water partition coefficient (Wildman–Crippen LogP) is 2.44. The number of aromatic amines is 1. The minimum atomic E-state index is -0.474. The number of anilines is 1. The van der Waals surface area contributed by atoms with Gasteiger partial charge < -0.3 is 5.32 Å². The first kappa shape index (κ1) is 16.3. The quantitative estimate of drug-likeness (QED) is 0.654. The van der Waals surface area contributed by atoms with E-state index in [1.165, 1.54) is 23.9 Å². The van der Waals surface area contributed by atoms with Gasteiger partial charge in [0.1, 0.15) is 5.82 Å². The van der Waals surface area contributed by atoms with Crippen LogP contribution < -0.4 is 10.9 Å². The normalized spacial score (nSPS) is 17.3. The lowest BCUT2D eigenvalue weighted by Gasteiger charge is -2.14. The number of hydrogen-bond acceptors (Lipinski definition) is 5. The van der Waals surface area contributed by atoms with Gasteiger partial charge in [-0.05, 0) is 19.4 Å². The zero-order chi connectivity index (χ0) is 17.4. The molecule has 0 saturated carbocycles. The number of amides is 1. The molecule has 126 valence electrons. The number of nitrogens with zero attached hydrogens (tertiary/aromatic N) is 2. The average Bonchev–Trinajstić information content (AvgIpc) is 2.75. The lowest BCUT2D eigenvalue weighted by atomic mass is 10.1. The number of nitrogens with one attached hydrogen (secondary N) is 2. The number of nitro groups is 1. The van der Waals surface area contributed by atoms with E-state index in [0.717, 1.165) is 0 Å². The molecule has 1 aromatic heterocycles. The van der Waals surface area contributed by atoms with Gasteiger partial charge in [0.15, 0.2) is 0 Å². The highest BCUT2D eigenvalue weighted by molar-refractivity contribution is 8.00. The van der Waals surface area contributed by atoms with Crippen LogP contribution in [0.4, 0.5) is 11.5 Å². The van der Waals surface area contributed by atoms with Gasteiger partial charge in [-0.1, -0.05) is 12.1 Å². The first-order valence-electron chi connectivity index (χ1n) is 7.38. The number of fused-ring (bicyclic) bond motifs is 1. The van der Waals surface area contributed by atoms with E-state index in [9.17, 15) is 19.7 Å². The smallest absolute Gasteiger partial charge is 0.270 e. The third-order valence-corrected chi connectivity index (χ3v) is 5.03. The molecule has 0 radical (unpaired) electrons. The third-order valence-electron chi connectivity index (χ3n) is 3.76. The van der Waals surface area contributed by atoms with Crippen molar-refractivity contribution < 1.29 is 9.72 Å². The van der Waals surface area contributed by atoms with Gasteiger partial charge in [-0.3, -0.25) is 29.5 Å². The molecule has 2 N–H and O–H groups in total. The lowest BCUT2D eigenvalue weighted by Crippen LogP contribution is -2.17. The van der Waals surface area contributed by atoms with E-state index >= 15 is 0 Å². The van der Waals surface area contributed by atoms with Gasteiger partial charge in [-0.2, -0.15) is 0 Å². The zero-order valence-electron chi connectivity index (χ0n) is 13.1. The van der Waals surface area contributed by atoms with Gasteiger partial charge in [-0.25, -0.2) is 0 Å². The molecule has 0 spiro atoms. The Kier molecular flexibility index (Phi) is 4.18.